The van der Waals surface area contributed by atoms with E-state index < -0.39 is 0 Å². The molecule has 2 heteroatoms. The molecule has 1 aliphatic heterocycles. The average Bonchev–Trinajstić information content (AvgIpc) is 2.23. The molecule has 0 amide bonds. The van der Waals surface area contributed by atoms with Crippen molar-refractivity contribution in [2.75, 3.05) is 31.1 Å². The number of nitrogens with zero attached hydrogens (tertiary/aromatic N) is 1. The smallest absolute Gasteiger partial charge is 0.0366 e. The van der Waals surface area contributed by atoms with Crippen LogP contribution in [0.4, 0.5) is 5.69 Å². The SMILES string of the molecule is CCCN(CC1CNC1)c1ccccc1. The van der Waals surface area contributed by atoms with E-state index in [9.17, 15) is 0 Å². The van der Waals surface area contributed by atoms with Crippen molar-refractivity contribution in [3.8, 4) is 0 Å². The summed E-state index contributed by atoms with van der Waals surface area (Å²) in [5, 5.41) is 3.33. The molecule has 0 spiro atoms. The normalized spacial score (nSPS) is 16.1. The Morgan fingerprint density at radius 2 is 2.00 bits per heavy atom. The molecular formula is C13H20N2. The molecule has 1 aromatic carbocycles. The average molecular weight is 204 g/mol. The minimum Gasteiger partial charge on any atom is -0.371 e. The van der Waals surface area contributed by atoms with Gasteiger partial charge in [0.2, 0.25) is 0 Å². The van der Waals surface area contributed by atoms with Crippen LogP contribution < -0.4 is 10.2 Å². The van der Waals surface area contributed by atoms with Crippen molar-refractivity contribution >= 4 is 5.69 Å². The Morgan fingerprint density at radius 1 is 1.27 bits per heavy atom. The van der Waals surface area contributed by atoms with E-state index in [1.807, 2.05) is 0 Å². The summed E-state index contributed by atoms with van der Waals surface area (Å²) in [4.78, 5) is 2.51. The van der Waals surface area contributed by atoms with Gasteiger partial charge in [-0.15, -0.1) is 0 Å². The lowest BCUT2D eigenvalue weighted by atomic mass is 10.0. The highest BCUT2D eigenvalue weighted by atomic mass is 15.1. The Bertz CT molecular complexity index is 280. The molecular weight excluding hydrogens is 184 g/mol. The largest absolute Gasteiger partial charge is 0.371 e. The summed E-state index contributed by atoms with van der Waals surface area (Å²) in [6, 6.07) is 10.7. The van der Waals surface area contributed by atoms with Crippen molar-refractivity contribution in [3.05, 3.63) is 30.3 Å². The molecule has 15 heavy (non-hydrogen) atoms. The predicted molar refractivity (Wildman–Crippen MR) is 65.3 cm³/mol. The van der Waals surface area contributed by atoms with E-state index in [0.717, 1.165) is 5.92 Å². The van der Waals surface area contributed by atoms with Gasteiger partial charge in [0.25, 0.3) is 0 Å². The Balaban J connectivity index is 1.98. The van der Waals surface area contributed by atoms with Gasteiger partial charge in [-0.25, -0.2) is 0 Å². The monoisotopic (exact) mass is 204 g/mol. The lowest BCUT2D eigenvalue weighted by Gasteiger charge is -2.34. The van der Waals surface area contributed by atoms with Gasteiger partial charge in [0, 0.05) is 37.8 Å². The maximum Gasteiger partial charge on any atom is 0.0366 e. The molecule has 82 valence electrons. The van der Waals surface area contributed by atoms with Crippen LogP contribution >= 0.6 is 0 Å². The van der Waals surface area contributed by atoms with Crippen LogP contribution in [0.3, 0.4) is 0 Å². The topological polar surface area (TPSA) is 15.3 Å². The summed E-state index contributed by atoms with van der Waals surface area (Å²) < 4.78 is 0. The second-order valence-corrected chi connectivity index (χ2v) is 4.31. The molecule has 1 saturated heterocycles. The summed E-state index contributed by atoms with van der Waals surface area (Å²) in [7, 11) is 0. The third-order valence-electron chi connectivity index (χ3n) is 2.96. The van der Waals surface area contributed by atoms with Crippen LogP contribution in [0.2, 0.25) is 0 Å². The van der Waals surface area contributed by atoms with E-state index in [0.29, 0.717) is 0 Å². The second kappa shape index (κ2) is 5.17. The quantitative estimate of drug-likeness (QED) is 0.790. The number of hydrogen-bond donors (Lipinski definition) is 1. The third-order valence-corrected chi connectivity index (χ3v) is 2.96. The summed E-state index contributed by atoms with van der Waals surface area (Å²) in [5.41, 5.74) is 1.37. The summed E-state index contributed by atoms with van der Waals surface area (Å²) in [6.07, 6.45) is 1.22. The zero-order chi connectivity index (χ0) is 10.5. The number of para-hydroxylation sites is 1. The van der Waals surface area contributed by atoms with Crippen LogP contribution in [0.25, 0.3) is 0 Å². The molecule has 0 atom stereocenters. The fourth-order valence-electron chi connectivity index (χ4n) is 2.02. The molecule has 1 heterocycles. The minimum atomic E-state index is 0.844. The maximum atomic E-state index is 3.33. The molecule has 1 aromatic rings. The highest BCUT2D eigenvalue weighted by Crippen LogP contribution is 2.16. The maximum absolute atomic E-state index is 3.33. The molecule has 1 aliphatic rings. The fourth-order valence-corrected chi connectivity index (χ4v) is 2.02. The second-order valence-electron chi connectivity index (χ2n) is 4.31. The van der Waals surface area contributed by atoms with E-state index in [2.05, 4.69) is 47.5 Å². The van der Waals surface area contributed by atoms with Gasteiger partial charge in [0.05, 0.1) is 0 Å². The van der Waals surface area contributed by atoms with Crippen molar-refractivity contribution in [3.63, 3.8) is 0 Å². The summed E-state index contributed by atoms with van der Waals surface area (Å²) in [6.45, 7) is 6.99. The molecule has 0 aliphatic carbocycles. The number of anilines is 1. The van der Waals surface area contributed by atoms with E-state index in [-0.39, 0.29) is 0 Å². The van der Waals surface area contributed by atoms with Crippen molar-refractivity contribution in [1.82, 2.24) is 5.32 Å². The first-order valence-corrected chi connectivity index (χ1v) is 5.91. The molecule has 0 aromatic heterocycles. The van der Waals surface area contributed by atoms with Gasteiger partial charge in [-0.05, 0) is 18.6 Å². The molecule has 1 fully saturated rings. The van der Waals surface area contributed by atoms with Gasteiger partial charge in [0.1, 0.15) is 0 Å². The first-order chi connectivity index (χ1) is 7.40. The van der Waals surface area contributed by atoms with Gasteiger partial charge >= 0.3 is 0 Å². The Labute approximate surface area is 92.3 Å². The van der Waals surface area contributed by atoms with Crippen molar-refractivity contribution in [2.45, 2.75) is 13.3 Å². The highest BCUT2D eigenvalue weighted by molar-refractivity contribution is 5.46. The van der Waals surface area contributed by atoms with E-state index in [1.54, 1.807) is 0 Å². The van der Waals surface area contributed by atoms with Crippen LogP contribution in [0.1, 0.15) is 13.3 Å². The van der Waals surface area contributed by atoms with Crippen LogP contribution in [0.5, 0.6) is 0 Å². The zero-order valence-electron chi connectivity index (χ0n) is 9.45. The van der Waals surface area contributed by atoms with Crippen LogP contribution in [-0.2, 0) is 0 Å². The molecule has 0 unspecified atom stereocenters. The van der Waals surface area contributed by atoms with Crippen molar-refractivity contribution < 1.29 is 0 Å². The standard InChI is InChI=1S/C13H20N2/c1-2-8-15(11-12-9-14-10-12)13-6-4-3-5-7-13/h3-7,12,14H,2,8-11H2,1H3. The van der Waals surface area contributed by atoms with E-state index in [1.165, 1.54) is 38.3 Å². The van der Waals surface area contributed by atoms with Crippen LogP contribution in [-0.4, -0.2) is 26.2 Å². The van der Waals surface area contributed by atoms with Gasteiger partial charge in [-0.3, -0.25) is 0 Å². The number of hydrogen-bond acceptors (Lipinski definition) is 2. The lowest BCUT2D eigenvalue weighted by molar-refractivity contribution is 0.348. The highest BCUT2D eigenvalue weighted by Gasteiger charge is 2.19. The molecule has 1 N–H and O–H groups in total. The zero-order valence-corrected chi connectivity index (χ0v) is 9.45. The first kappa shape index (κ1) is 10.5. The van der Waals surface area contributed by atoms with Crippen LogP contribution in [0.15, 0.2) is 30.3 Å². The number of nitrogens with one attached hydrogen (secondary N) is 1. The molecule has 0 saturated carbocycles. The summed E-state index contributed by atoms with van der Waals surface area (Å²) >= 11 is 0. The predicted octanol–water partition coefficient (Wildman–Crippen LogP) is 2.12. The Kier molecular flexibility index (Phi) is 3.62. The van der Waals surface area contributed by atoms with Gasteiger partial charge in [0.15, 0.2) is 0 Å². The first-order valence-electron chi connectivity index (χ1n) is 5.91. The van der Waals surface area contributed by atoms with Gasteiger partial charge in [-0.1, -0.05) is 25.1 Å². The number of rotatable bonds is 5. The third kappa shape index (κ3) is 2.72. The van der Waals surface area contributed by atoms with Gasteiger partial charge in [-0.2, -0.15) is 0 Å². The minimum absolute atomic E-state index is 0.844. The molecule has 2 rings (SSSR count). The van der Waals surface area contributed by atoms with Crippen LogP contribution in [0, 0.1) is 5.92 Å². The summed E-state index contributed by atoms with van der Waals surface area (Å²) in [5.74, 6) is 0.844. The van der Waals surface area contributed by atoms with E-state index >= 15 is 0 Å². The Morgan fingerprint density at radius 3 is 2.53 bits per heavy atom. The van der Waals surface area contributed by atoms with E-state index in [4.69, 9.17) is 0 Å². The molecule has 0 bridgehead atoms. The molecule has 2 nitrogen and oxygen atoms in total. The van der Waals surface area contributed by atoms with Crippen molar-refractivity contribution in [2.24, 2.45) is 5.92 Å². The lowest BCUT2D eigenvalue weighted by Crippen LogP contribution is -2.48. The molecule has 0 radical (unpaired) electrons. The fraction of sp³-hybridized carbons (Fsp3) is 0.538. The van der Waals surface area contributed by atoms with Crippen molar-refractivity contribution in [1.29, 1.82) is 0 Å². The van der Waals surface area contributed by atoms with Gasteiger partial charge < -0.3 is 10.2 Å². The Hall–Kier alpha value is -1.02. The number of benzene rings is 1.